The van der Waals surface area contributed by atoms with E-state index in [1.54, 1.807) is 135 Å². The smallest absolute Gasteiger partial charge is 0.336 e. The molecule has 1 atom stereocenters. The number of nitrogens with one attached hydrogen (secondary N) is 1. The Morgan fingerprint density at radius 1 is 0.328 bits per heavy atom. The van der Waals surface area contributed by atoms with Gasteiger partial charge < -0.3 is 40.6 Å². The standard InChI is InChI=1S/C18H17NO4.C18H17NO3.C18H18O4.C18H16O4.C18H18O3.C17H17NO5S/c1-12(19-23-2)14-7-5-6-13(10-14)11-17(20)15-8-3-4-9-16(15)18(21)22;1-12(19-2)14-7-5-6-13(10-14)11-17(20)15-8-3-4-9-16(15)18(21)22;2*1-12(19)10-13-6-8-14(9-7-13)11-17(20)15-4-2-3-5-16(15)18(21)22;1-2-7-13-8-3-4-9-14(13)12-17(19)15-10-5-6-11-16(15)18(20)21;1-24(22,23)18-11-13-6-4-5-12(9-13)10-16(19)14-7-2-3-8-15(14)17(20)21/h3-10H,11H2,1-2H3,(H,21,22);3-10H,11H2,1-2H3,(H,21,22);2-9,12,19H,10-11H2,1H3,(H,21,22);2-9H,10-11H2,1H3,(H,21,22);3-6,8-11H,2,7,12H2,1H3,(H,20,21);2-9,18H,10-11H2,1H3,(H,20,21). The molecule has 27 heteroatoms. The van der Waals surface area contributed by atoms with Crippen molar-refractivity contribution in [2.24, 2.45) is 10.1 Å². The van der Waals surface area contributed by atoms with Crippen LogP contribution in [0.3, 0.4) is 0 Å². The molecule has 12 rings (SSSR count). The molecule has 1 unspecified atom stereocenters. The molecule has 0 saturated carbocycles. The van der Waals surface area contributed by atoms with Gasteiger partial charge in [-0.15, -0.1) is 0 Å². The summed E-state index contributed by atoms with van der Waals surface area (Å²) >= 11 is 0. The van der Waals surface area contributed by atoms with Gasteiger partial charge in [0, 0.05) is 97.6 Å². The number of rotatable bonds is 36. The van der Waals surface area contributed by atoms with Crippen LogP contribution in [0.1, 0.15) is 232 Å². The third-order valence-corrected chi connectivity index (χ3v) is 21.0. The lowest BCUT2D eigenvalue weighted by Crippen LogP contribution is -2.21. The first-order valence-corrected chi connectivity index (χ1v) is 44.0. The van der Waals surface area contributed by atoms with E-state index in [1.165, 1.54) is 74.7 Å². The number of carboxylic acids is 6. The first-order valence-electron chi connectivity index (χ1n) is 42.1. The number of carboxylic acid groups (broad SMARTS) is 6. The number of aryl methyl sites for hydroxylation is 1. The molecule has 0 aliphatic heterocycles. The average molecular weight is 1830 g/mol. The molecule has 0 saturated heterocycles. The minimum Gasteiger partial charge on any atom is -0.478 e. The Morgan fingerprint density at radius 2 is 0.597 bits per heavy atom. The molecule has 0 aliphatic rings. The van der Waals surface area contributed by atoms with Crippen molar-refractivity contribution >= 4 is 97.7 Å². The summed E-state index contributed by atoms with van der Waals surface area (Å²) in [5.41, 5.74) is 13.5. The van der Waals surface area contributed by atoms with Crippen LogP contribution in [0, 0.1) is 0 Å². The Bertz CT molecular complexity index is 6430. The number of aromatic carboxylic acids is 6. The molecular formula is C107H103N3O23S. The number of benzene rings is 12. The maximum absolute atomic E-state index is 12.4. The summed E-state index contributed by atoms with van der Waals surface area (Å²) in [7, 11) is -0.108. The van der Waals surface area contributed by atoms with Gasteiger partial charge in [0.1, 0.15) is 12.9 Å². The number of hydrogen-bond acceptors (Lipinski definition) is 19. The van der Waals surface area contributed by atoms with Crippen molar-refractivity contribution in [1.82, 2.24) is 4.72 Å². The van der Waals surface area contributed by atoms with E-state index in [0.29, 0.717) is 24.1 Å². The van der Waals surface area contributed by atoms with Crippen molar-refractivity contribution in [3.8, 4) is 0 Å². The molecule has 8 N–H and O–H groups in total. The van der Waals surface area contributed by atoms with Crippen molar-refractivity contribution in [1.29, 1.82) is 0 Å². The zero-order valence-corrected chi connectivity index (χ0v) is 75.8. The van der Waals surface area contributed by atoms with E-state index in [0.717, 1.165) is 86.0 Å². The van der Waals surface area contributed by atoms with Gasteiger partial charge in [0.15, 0.2) is 34.7 Å². The lowest BCUT2D eigenvalue weighted by Gasteiger charge is -2.09. The topological polar surface area (TPSA) is 444 Å². The molecule has 12 aromatic carbocycles. The number of carbonyl (C=O) groups excluding carboxylic acids is 7. The molecule has 0 aliphatic carbocycles. The highest BCUT2D eigenvalue weighted by Crippen LogP contribution is 2.24. The molecule has 0 amide bonds. The van der Waals surface area contributed by atoms with Crippen LogP contribution in [0.15, 0.2) is 301 Å². The lowest BCUT2D eigenvalue weighted by molar-refractivity contribution is -0.116. The highest BCUT2D eigenvalue weighted by atomic mass is 32.2. The normalized spacial score (nSPS) is 11.0. The first-order chi connectivity index (χ1) is 63.9. The average Bonchev–Trinajstić information content (AvgIpc) is 0.854. The molecule has 0 fully saturated rings. The van der Waals surface area contributed by atoms with E-state index in [9.17, 15) is 81.0 Å². The fraction of sp³-hybridized carbons (Fsp3) is 0.187. The Labute approximate surface area is 776 Å². The number of carbonyl (C=O) groups is 13. The predicted octanol–water partition coefficient (Wildman–Crippen LogP) is 17.7. The molecule has 0 bridgehead atoms. The maximum atomic E-state index is 12.4. The Balaban J connectivity index is 0.000000219. The van der Waals surface area contributed by atoms with Gasteiger partial charge >= 0.3 is 35.8 Å². The molecule has 0 heterocycles. The number of ketones is 7. The van der Waals surface area contributed by atoms with E-state index in [-0.39, 0.29) is 152 Å². The zero-order chi connectivity index (χ0) is 98.1. The van der Waals surface area contributed by atoms with Gasteiger partial charge in [-0.3, -0.25) is 38.6 Å². The highest BCUT2D eigenvalue weighted by molar-refractivity contribution is 7.88. The van der Waals surface area contributed by atoms with Crippen LogP contribution in [-0.4, -0.2) is 158 Å². The van der Waals surface area contributed by atoms with Gasteiger partial charge in [-0.2, -0.15) is 0 Å². The van der Waals surface area contributed by atoms with Crippen molar-refractivity contribution < 1.29 is 111 Å². The number of hydrogen-bond donors (Lipinski definition) is 8. The van der Waals surface area contributed by atoms with Gasteiger partial charge in [-0.05, 0) is 156 Å². The van der Waals surface area contributed by atoms with Crippen LogP contribution in [0.25, 0.3) is 0 Å². The Morgan fingerprint density at radius 3 is 0.896 bits per heavy atom. The second kappa shape index (κ2) is 52.7. The second-order valence-corrected chi connectivity index (χ2v) is 32.6. The van der Waals surface area contributed by atoms with Crippen LogP contribution in [-0.2, 0) is 84.0 Å². The molecule has 690 valence electrons. The Hall–Kier alpha value is -15.8. The zero-order valence-electron chi connectivity index (χ0n) is 75.0. The quantitative estimate of drug-likeness (QED) is 0.0103. The van der Waals surface area contributed by atoms with Crippen LogP contribution in [0.4, 0.5) is 0 Å². The maximum Gasteiger partial charge on any atom is 0.336 e. The largest absolute Gasteiger partial charge is 0.478 e. The van der Waals surface area contributed by atoms with E-state index < -0.39 is 51.9 Å². The molecular weight excluding hydrogens is 1730 g/mol. The van der Waals surface area contributed by atoms with Crippen LogP contribution >= 0.6 is 0 Å². The van der Waals surface area contributed by atoms with Crippen molar-refractivity contribution in [3.63, 3.8) is 0 Å². The van der Waals surface area contributed by atoms with Gasteiger partial charge in [-0.1, -0.05) is 261 Å². The number of aliphatic imine (C=N–C) groups is 1. The van der Waals surface area contributed by atoms with E-state index >= 15 is 0 Å². The minimum absolute atomic E-state index is 0.0145. The molecule has 0 aromatic heterocycles. The van der Waals surface area contributed by atoms with Crippen LogP contribution < -0.4 is 4.72 Å². The summed E-state index contributed by atoms with van der Waals surface area (Å²) in [5.74, 6) is -7.90. The molecule has 12 aromatic rings. The summed E-state index contributed by atoms with van der Waals surface area (Å²) in [6, 6.07) is 81.7. The SMILES string of the molecule is CC(=O)Cc1ccc(CC(=O)c2ccccc2C(=O)O)cc1.CC(O)Cc1ccc(CC(=O)c2ccccc2C(=O)O)cc1.CCCc1ccccc1CC(=O)c1ccccc1C(=O)O.CN=C(C)c1cccc(CC(=O)c2ccccc2C(=O)O)c1.CON=C(C)c1cccc(CC(=O)c2ccccc2C(=O)O)c1.CS(=O)(=O)NCc1cccc(CC(=O)c2ccccc2C(=O)O)c1. The fourth-order valence-corrected chi connectivity index (χ4v) is 14.2. The first kappa shape index (κ1) is 105. The third-order valence-electron chi connectivity index (χ3n) is 20.4. The number of aliphatic hydroxyl groups excluding tert-OH is 1. The van der Waals surface area contributed by atoms with E-state index in [4.69, 9.17) is 30.4 Å². The number of oxime groups is 1. The fourth-order valence-electron chi connectivity index (χ4n) is 13.8. The molecule has 0 radical (unpaired) electrons. The van der Waals surface area contributed by atoms with Crippen molar-refractivity contribution in [2.75, 3.05) is 20.4 Å². The summed E-state index contributed by atoms with van der Waals surface area (Å²) in [4.78, 5) is 161. The Kier molecular flexibility index (Phi) is 41.4. The molecule has 26 nitrogen and oxygen atoms in total. The number of Topliss-reactive ketones (excluding diaryl/α,β-unsaturated/α-hetero) is 7. The predicted molar refractivity (Wildman–Crippen MR) is 510 cm³/mol. The third kappa shape index (κ3) is 33.9. The van der Waals surface area contributed by atoms with Gasteiger partial charge in [-0.25, -0.2) is 41.9 Å². The molecule has 134 heavy (non-hydrogen) atoms. The van der Waals surface area contributed by atoms with Gasteiger partial charge in [0.25, 0.3) is 0 Å². The van der Waals surface area contributed by atoms with Crippen molar-refractivity contribution in [3.05, 3.63) is 425 Å². The lowest BCUT2D eigenvalue weighted by atomic mass is 9.94. The van der Waals surface area contributed by atoms with Crippen LogP contribution in [0.2, 0.25) is 0 Å². The number of aliphatic hydroxyl groups is 1. The monoisotopic (exact) mass is 1830 g/mol. The second-order valence-electron chi connectivity index (χ2n) is 30.8. The number of nitrogens with zero attached hydrogens (tertiary/aromatic N) is 2. The van der Waals surface area contributed by atoms with E-state index in [2.05, 4.69) is 21.8 Å². The summed E-state index contributed by atoms with van der Waals surface area (Å²) in [5, 5.41) is 68.1. The summed E-state index contributed by atoms with van der Waals surface area (Å²) < 4.78 is 24.6. The summed E-state index contributed by atoms with van der Waals surface area (Å²) in [6.07, 6.45) is 4.38. The van der Waals surface area contributed by atoms with Gasteiger partial charge in [0.2, 0.25) is 10.0 Å². The van der Waals surface area contributed by atoms with Crippen LogP contribution in [0.5, 0.6) is 0 Å². The minimum atomic E-state index is -3.30. The highest BCUT2D eigenvalue weighted by Gasteiger charge is 2.24. The van der Waals surface area contributed by atoms with Gasteiger partial charge in [0.05, 0.1) is 51.5 Å². The summed E-state index contributed by atoms with van der Waals surface area (Å²) in [6.45, 7) is 9.19. The number of sulfonamides is 1. The van der Waals surface area contributed by atoms with E-state index in [1.807, 2.05) is 123 Å². The molecule has 0 spiro atoms. The van der Waals surface area contributed by atoms with Crippen molar-refractivity contribution in [2.45, 2.75) is 111 Å².